The zero-order valence-electron chi connectivity index (χ0n) is 13.6. The third-order valence-corrected chi connectivity index (χ3v) is 5.19. The van der Waals surface area contributed by atoms with Crippen LogP contribution in [0.25, 0.3) is 0 Å². The lowest BCUT2D eigenvalue weighted by atomic mass is 10.1. The molecule has 0 aliphatic rings. The average Bonchev–Trinajstić information content (AvgIpc) is 3.18. The lowest BCUT2D eigenvalue weighted by Crippen LogP contribution is -2.18. The van der Waals surface area contributed by atoms with Gasteiger partial charge < -0.3 is 5.32 Å². The molecule has 2 N–H and O–H groups in total. The van der Waals surface area contributed by atoms with E-state index in [9.17, 15) is 9.59 Å². The van der Waals surface area contributed by atoms with E-state index in [1.165, 1.54) is 35.6 Å². The summed E-state index contributed by atoms with van der Waals surface area (Å²) in [5.41, 5.74) is 1.80. The molecule has 0 radical (unpaired) electrons. The minimum absolute atomic E-state index is 0.143. The first-order valence-electron chi connectivity index (χ1n) is 7.66. The van der Waals surface area contributed by atoms with Crippen molar-refractivity contribution in [3.63, 3.8) is 0 Å². The van der Waals surface area contributed by atoms with Crippen molar-refractivity contribution < 1.29 is 4.79 Å². The smallest absolute Gasteiger partial charge is 0.302 e. The van der Waals surface area contributed by atoms with E-state index in [0.29, 0.717) is 22.6 Å². The number of rotatable bonds is 7. The van der Waals surface area contributed by atoms with Crippen molar-refractivity contribution in [2.24, 2.45) is 0 Å². The summed E-state index contributed by atoms with van der Waals surface area (Å²) in [5.74, 6) is 0.432. The molecule has 2 heterocycles. The Labute approximate surface area is 152 Å². The molecule has 1 aromatic carbocycles. The molecule has 0 saturated carbocycles. The van der Waals surface area contributed by atoms with Crippen molar-refractivity contribution in [2.75, 3.05) is 5.32 Å². The number of carbonyl (C=O) groups excluding carboxylic acids is 1. The summed E-state index contributed by atoms with van der Waals surface area (Å²) in [7, 11) is 0. The van der Waals surface area contributed by atoms with E-state index in [2.05, 4.69) is 20.5 Å². The molecule has 25 heavy (non-hydrogen) atoms. The number of H-pyrrole nitrogens is 1. The molecule has 0 atom stereocenters. The van der Waals surface area contributed by atoms with Crippen LogP contribution in [0.3, 0.4) is 0 Å². The number of anilines is 1. The second-order valence-corrected chi connectivity index (χ2v) is 7.11. The van der Waals surface area contributed by atoms with Gasteiger partial charge in [0.05, 0.1) is 5.69 Å². The quantitative estimate of drug-likeness (QED) is 0.619. The van der Waals surface area contributed by atoms with Crippen LogP contribution in [0.5, 0.6) is 0 Å². The maximum absolute atomic E-state index is 12.0. The Balaban J connectivity index is 1.62. The molecule has 0 unspecified atom stereocenters. The molecule has 0 spiro atoms. The first kappa shape index (κ1) is 17.4. The van der Waals surface area contributed by atoms with Gasteiger partial charge >= 0.3 is 5.69 Å². The molecule has 0 aliphatic carbocycles. The molecule has 130 valence electrons. The lowest BCUT2D eigenvalue weighted by Gasteiger charge is -2.05. The Kier molecular flexibility index (Phi) is 5.67. The summed E-state index contributed by atoms with van der Waals surface area (Å²) in [6.07, 6.45) is 0.761. The molecule has 0 aliphatic heterocycles. The summed E-state index contributed by atoms with van der Waals surface area (Å²) >= 11 is 2.82. The molecule has 7 nitrogen and oxygen atoms in total. The number of aromatic amines is 1. The van der Waals surface area contributed by atoms with Gasteiger partial charge in [-0.05, 0) is 12.0 Å². The first-order chi connectivity index (χ1) is 12.1. The highest BCUT2D eigenvalue weighted by molar-refractivity contribution is 7.98. The van der Waals surface area contributed by atoms with Gasteiger partial charge in [0.15, 0.2) is 10.3 Å². The van der Waals surface area contributed by atoms with Crippen molar-refractivity contribution in [1.82, 2.24) is 19.7 Å². The van der Waals surface area contributed by atoms with Crippen molar-refractivity contribution in [3.8, 4) is 0 Å². The van der Waals surface area contributed by atoms with Gasteiger partial charge in [0.2, 0.25) is 5.91 Å². The van der Waals surface area contributed by atoms with Crippen LogP contribution in [0.15, 0.2) is 45.7 Å². The van der Waals surface area contributed by atoms with Gasteiger partial charge in [0.1, 0.15) is 0 Å². The maximum Gasteiger partial charge on any atom is 0.343 e. The van der Waals surface area contributed by atoms with E-state index in [1.807, 2.05) is 35.7 Å². The van der Waals surface area contributed by atoms with Crippen molar-refractivity contribution in [2.45, 2.75) is 30.8 Å². The monoisotopic (exact) mass is 375 g/mol. The summed E-state index contributed by atoms with van der Waals surface area (Å²) in [6.45, 7) is 2.01. The average molecular weight is 375 g/mol. The highest BCUT2D eigenvalue weighted by Gasteiger charge is 2.11. The van der Waals surface area contributed by atoms with Crippen molar-refractivity contribution >= 4 is 34.1 Å². The summed E-state index contributed by atoms with van der Waals surface area (Å²) in [6, 6.07) is 10.0. The number of nitrogens with zero attached hydrogens (tertiary/aromatic N) is 3. The van der Waals surface area contributed by atoms with Gasteiger partial charge in [0, 0.05) is 24.6 Å². The number of amides is 1. The van der Waals surface area contributed by atoms with E-state index < -0.39 is 0 Å². The molecule has 9 heteroatoms. The van der Waals surface area contributed by atoms with Crippen LogP contribution in [-0.4, -0.2) is 25.7 Å². The minimum atomic E-state index is -0.212. The number of benzene rings is 1. The second-order valence-electron chi connectivity index (χ2n) is 5.31. The zero-order chi connectivity index (χ0) is 17.6. The van der Waals surface area contributed by atoms with Crippen LogP contribution in [0, 0.1) is 0 Å². The SMILES string of the molecule is CC(=O)Nc1nc(CSc2n[nH]c(=O)n2CCc2ccccc2)cs1. The fourth-order valence-corrected chi connectivity index (χ4v) is 3.94. The van der Waals surface area contributed by atoms with Crippen LogP contribution in [0.2, 0.25) is 0 Å². The highest BCUT2D eigenvalue weighted by Crippen LogP contribution is 2.23. The molecule has 0 fully saturated rings. The van der Waals surface area contributed by atoms with Crippen molar-refractivity contribution in [3.05, 3.63) is 57.5 Å². The molecule has 3 rings (SSSR count). The third kappa shape index (κ3) is 4.80. The molecular formula is C16H17N5O2S2. The van der Waals surface area contributed by atoms with E-state index >= 15 is 0 Å². The Morgan fingerprint density at radius 1 is 1.36 bits per heavy atom. The lowest BCUT2D eigenvalue weighted by molar-refractivity contribution is -0.114. The number of aromatic nitrogens is 4. The van der Waals surface area contributed by atoms with Gasteiger partial charge in [-0.2, -0.15) is 0 Å². The molecule has 0 bridgehead atoms. The number of aryl methyl sites for hydroxylation is 1. The molecular weight excluding hydrogens is 358 g/mol. The number of hydrogen-bond donors (Lipinski definition) is 2. The van der Waals surface area contributed by atoms with Crippen LogP contribution >= 0.6 is 23.1 Å². The predicted molar refractivity (Wildman–Crippen MR) is 99.0 cm³/mol. The predicted octanol–water partition coefficient (Wildman–Crippen LogP) is 2.52. The Hall–Kier alpha value is -2.39. The third-order valence-electron chi connectivity index (χ3n) is 3.37. The molecule has 0 saturated heterocycles. The van der Waals surface area contributed by atoms with Crippen LogP contribution < -0.4 is 11.0 Å². The van der Waals surface area contributed by atoms with E-state index in [4.69, 9.17) is 0 Å². The largest absolute Gasteiger partial charge is 0.343 e. The first-order valence-corrected chi connectivity index (χ1v) is 9.52. The van der Waals surface area contributed by atoms with Gasteiger partial charge in [-0.1, -0.05) is 42.1 Å². The van der Waals surface area contributed by atoms with Crippen molar-refractivity contribution in [1.29, 1.82) is 0 Å². The van der Waals surface area contributed by atoms with Gasteiger partial charge in [-0.3, -0.25) is 9.36 Å². The standard InChI is InChI=1S/C16H17N5O2S2/c1-11(22)17-14-18-13(9-24-14)10-25-16-20-19-15(23)21(16)8-7-12-5-3-2-4-6-12/h2-6,9H,7-8,10H2,1H3,(H,19,23)(H,17,18,22). The number of thiazole rings is 1. The molecule has 3 aromatic rings. The second kappa shape index (κ2) is 8.13. The Morgan fingerprint density at radius 2 is 2.16 bits per heavy atom. The van der Waals surface area contributed by atoms with Crippen LogP contribution in [0.4, 0.5) is 5.13 Å². The summed E-state index contributed by atoms with van der Waals surface area (Å²) in [4.78, 5) is 27.3. The number of carbonyl (C=O) groups is 1. The number of nitrogens with one attached hydrogen (secondary N) is 2. The van der Waals surface area contributed by atoms with Gasteiger partial charge in [-0.25, -0.2) is 14.9 Å². The summed E-state index contributed by atoms with van der Waals surface area (Å²) < 4.78 is 1.64. The highest BCUT2D eigenvalue weighted by atomic mass is 32.2. The van der Waals surface area contributed by atoms with E-state index in [0.717, 1.165) is 12.1 Å². The Bertz CT molecular complexity index is 901. The molecule has 1 amide bonds. The fourth-order valence-electron chi connectivity index (χ4n) is 2.22. The normalized spacial score (nSPS) is 10.8. The van der Waals surface area contributed by atoms with Gasteiger partial charge in [0.25, 0.3) is 0 Å². The molecule has 2 aromatic heterocycles. The Morgan fingerprint density at radius 3 is 2.92 bits per heavy atom. The fraction of sp³-hybridized carbons (Fsp3) is 0.250. The van der Waals surface area contributed by atoms with E-state index in [1.54, 1.807) is 4.57 Å². The van der Waals surface area contributed by atoms with Crippen LogP contribution in [0.1, 0.15) is 18.2 Å². The zero-order valence-corrected chi connectivity index (χ0v) is 15.2. The number of hydrogen-bond acceptors (Lipinski definition) is 6. The maximum atomic E-state index is 12.0. The summed E-state index contributed by atoms with van der Waals surface area (Å²) in [5, 5.41) is 12.4. The number of thioether (sulfide) groups is 1. The van der Waals surface area contributed by atoms with Crippen LogP contribution in [-0.2, 0) is 23.5 Å². The topological polar surface area (TPSA) is 92.7 Å². The minimum Gasteiger partial charge on any atom is -0.302 e. The van der Waals surface area contributed by atoms with E-state index in [-0.39, 0.29) is 11.6 Å². The van der Waals surface area contributed by atoms with Gasteiger partial charge in [-0.15, -0.1) is 16.4 Å².